The molecule has 3 N–H and O–H groups in total. The molecule has 2 amide bonds. The fourth-order valence-electron chi connectivity index (χ4n) is 4.68. The molecule has 0 saturated heterocycles. The zero-order chi connectivity index (χ0) is 25.9. The molecular weight excluding hydrogens is 474 g/mol. The van der Waals surface area contributed by atoms with E-state index >= 15 is 0 Å². The van der Waals surface area contributed by atoms with Crippen molar-refractivity contribution in [1.82, 2.24) is 25.2 Å². The highest BCUT2D eigenvalue weighted by Gasteiger charge is 2.31. The number of aliphatic hydroxyl groups is 1. The predicted octanol–water partition coefficient (Wildman–Crippen LogP) is 2.12. The van der Waals surface area contributed by atoms with Crippen molar-refractivity contribution in [3.63, 3.8) is 0 Å². The molecule has 0 unspecified atom stereocenters. The number of fused-ring (bicyclic) bond motifs is 2. The predicted molar refractivity (Wildman–Crippen MR) is 135 cm³/mol. The van der Waals surface area contributed by atoms with Gasteiger partial charge in [0.05, 0.1) is 42.1 Å². The van der Waals surface area contributed by atoms with Crippen LogP contribution in [0.5, 0.6) is 5.75 Å². The van der Waals surface area contributed by atoms with Gasteiger partial charge in [0.1, 0.15) is 5.75 Å². The molecule has 3 aromatic heterocycles. The first-order valence-corrected chi connectivity index (χ1v) is 11.8. The standard InChI is InChI=1S/C27H25N5O5/c1-37-21-14-31-24(26(35)29-10-12-33)23-22(21)19(13-30-23)25(34)27(36)32-11-8-17-16(15-32)5-4-6-18(17)20-7-2-3-9-28-20/h2-7,9,13-14,30,33H,8,10-12,15H2,1H3,(H,29,35). The van der Waals surface area contributed by atoms with Gasteiger partial charge in [-0.2, -0.15) is 0 Å². The van der Waals surface area contributed by atoms with Crippen molar-refractivity contribution in [3.8, 4) is 17.0 Å². The van der Waals surface area contributed by atoms with Crippen LogP contribution in [0.4, 0.5) is 0 Å². The van der Waals surface area contributed by atoms with Gasteiger partial charge in [-0.05, 0) is 29.7 Å². The maximum atomic E-state index is 13.4. The largest absolute Gasteiger partial charge is 0.494 e. The van der Waals surface area contributed by atoms with Gasteiger partial charge in [0.25, 0.3) is 17.6 Å². The number of aliphatic hydroxyl groups excluding tert-OH is 1. The number of hydrogen-bond acceptors (Lipinski definition) is 7. The summed E-state index contributed by atoms with van der Waals surface area (Å²) in [6.45, 7) is 0.515. The summed E-state index contributed by atoms with van der Waals surface area (Å²) in [5, 5.41) is 11.8. The van der Waals surface area contributed by atoms with Crippen LogP contribution in [0.25, 0.3) is 22.2 Å². The highest BCUT2D eigenvalue weighted by Crippen LogP contribution is 2.32. The van der Waals surface area contributed by atoms with Gasteiger partial charge in [-0.1, -0.05) is 24.3 Å². The molecule has 10 heteroatoms. The molecule has 0 radical (unpaired) electrons. The minimum atomic E-state index is -0.707. The molecular formula is C27H25N5O5. The van der Waals surface area contributed by atoms with E-state index in [2.05, 4.69) is 20.3 Å². The Morgan fingerprint density at radius 2 is 2.03 bits per heavy atom. The first kappa shape index (κ1) is 24.1. The Hall–Kier alpha value is -4.57. The highest BCUT2D eigenvalue weighted by molar-refractivity contribution is 6.45. The Labute approximate surface area is 212 Å². The molecule has 0 bridgehead atoms. The third-order valence-electron chi connectivity index (χ3n) is 6.44. The number of aromatic nitrogens is 3. The van der Waals surface area contributed by atoms with E-state index in [1.807, 2.05) is 36.4 Å². The fourth-order valence-corrected chi connectivity index (χ4v) is 4.68. The highest BCUT2D eigenvalue weighted by atomic mass is 16.5. The number of ether oxygens (including phenoxy) is 1. The third kappa shape index (κ3) is 4.43. The number of rotatable bonds is 7. The number of benzene rings is 1. The molecule has 188 valence electrons. The summed E-state index contributed by atoms with van der Waals surface area (Å²) in [6, 6.07) is 11.7. The van der Waals surface area contributed by atoms with Crippen LogP contribution in [0.2, 0.25) is 0 Å². The summed E-state index contributed by atoms with van der Waals surface area (Å²) < 4.78 is 5.38. The van der Waals surface area contributed by atoms with Crippen molar-refractivity contribution in [2.45, 2.75) is 13.0 Å². The van der Waals surface area contributed by atoms with E-state index < -0.39 is 17.6 Å². The Bertz CT molecular complexity index is 1500. The summed E-state index contributed by atoms with van der Waals surface area (Å²) >= 11 is 0. The number of hydrogen-bond donors (Lipinski definition) is 3. The number of ketones is 1. The van der Waals surface area contributed by atoms with Crippen molar-refractivity contribution in [2.75, 3.05) is 26.8 Å². The monoisotopic (exact) mass is 499 g/mol. The van der Waals surface area contributed by atoms with Crippen molar-refractivity contribution >= 4 is 28.5 Å². The minimum absolute atomic E-state index is 0.0321. The summed E-state index contributed by atoms with van der Waals surface area (Å²) in [4.78, 5) is 52.3. The second-order valence-corrected chi connectivity index (χ2v) is 8.57. The number of carbonyl (C=O) groups excluding carboxylic acids is 3. The maximum Gasteiger partial charge on any atom is 0.295 e. The average Bonchev–Trinajstić information content (AvgIpc) is 3.39. The number of pyridine rings is 2. The lowest BCUT2D eigenvalue weighted by atomic mass is 9.92. The Kier molecular flexibility index (Phi) is 6.65. The van der Waals surface area contributed by atoms with Crippen molar-refractivity contribution in [2.24, 2.45) is 0 Å². The molecule has 37 heavy (non-hydrogen) atoms. The zero-order valence-corrected chi connectivity index (χ0v) is 20.2. The molecule has 5 rings (SSSR count). The quantitative estimate of drug-likeness (QED) is 0.262. The Balaban J connectivity index is 1.44. The second-order valence-electron chi connectivity index (χ2n) is 8.57. The normalized spacial score (nSPS) is 12.8. The lowest BCUT2D eigenvalue weighted by Gasteiger charge is -2.29. The van der Waals surface area contributed by atoms with E-state index in [1.54, 1.807) is 6.20 Å². The van der Waals surface area contributed by atoms with Gasteiger partial charge in [0, 0.05) is 37.6 Å². The van der Waals surface area contributed by atoms with Crippen LogP contribution in [-0.2, 0) is 17.8 Å². The molecule has 4 heterocycles. The van der Waals surface area contributed by atoms with Gasteiger partial charge in [0.15, 0.2) is 5.69 Å². The van der Waals surface area contributed by atoms with Crippen LogP contribution in [-0.4, -0.2) is 69.4 Å². The molecule has 1 aliphatic rings. The number of nitrogens with one attached hydrogen (secondary N) is 2. The Morgan fingerprint density at radius 3 is 2.78 bits per heavy atom. The third-order valence-corrected chi connectivity index (χ3v) is 6.44. The maximum absolute atomic E-state index is 13.4. The van der Waals surface area contributed by atoms with Crippen molar-refractivity contribution in [3.05, 3.63) is 77.4 Å². The lowest BCUT2D eigenvalue weighted by molar-refractivity contribution is -0.127. The van der Waals surface area contributed by atoms with Gasteiger partial charge in [0.2, 0.25) is 0 Å². The van der Waals surface area contributed by atoms with E-state index in [0.717, 1.165) is 22.4 Å². The molecule has 0 fully saturated rings. The molecule has 0 spiro atoms. The number of aromatic amines is 1. The van der Waals surface area contributed by atoms with Crippen molar-refractivity contribution < 1.29 is 24.2 Å². The van der Waals surface area contributed by atoms with Crippen LogP contribution in [0.15, 0.2) is 55.0 Å². The summed E-state index contributed by atoms with van der Waals surface area (Å²) in [7, 11) is 1.42. The van der Waals surface area contributed by atoms with Crippen LogP contribution in [0, 0.1) is 0 Å². The fraction of sp³-hybridized carbons (Fsp3) is 0.222. The van der Waals surface area contributed by atoms with Gasteiger partial charge >= 0.3 is 0 Å². The van der Waals surface area contributed by atoms with Gasteiger partial charge in [-0.15, -0.1) is 0 Å². The first-order chi connectivity index (χ1) is 18.0. The van der Waals surface area contributed by atoms with E-state index in [0.29, 0.717) is 24.9 Å². The number of carbonyl (C=O) groups is 3. The lowest BCUT2D eigenvalue weighted by Crippen LogP contribution is -2.40. The number of Topliss-reactive ketones (excluding diaryl/α,β-unsaturated/α-hetero) is 1. The average molecular weight is 500 g/mol. The molecule has 0 aliphatic carbocycles. The van der Waals surface area contributed by atoms with Crippen LogP contribution < -0.4 is 10.1 Å². The number of amides is 2. The zero-order valence-electron chi connectivity index (χ0n) is 20.2. The van der Waals surface area contributed by atoms with E-state index in [9.17, 15) is 14.4 Å². The number of H-pyrrole nitrogens is 1. The van der Waals surface area contributed by atoms with Crippen LogP contribution in [0.1, 0.15) is 32.0 Å². The molecule has 1 aromatic carbocycles. The Morgan fingerprint density at radius 1 is 1.16 bits per heavy atom. The molecule has 0 atom stereocenters. The summed E-state index contributed by atoms with van der Waals surface area (Å²) in [6.07, 6.45) is 5.08. The summed E-state index contributed by atoms with van der Waals surface area (Å²) in [5.41, 5.74) is 4.39. The molecule has 4 aromatic rings. The van der Waals surface area contributed by atoms with Crippen LogP contribution >= 0.6 is 0 Å². The number of nitrogens with zero attached hydrogens (tertiary/aromatic N) is 3. The molecule has 1 aliphatic heterocycles. The van der Waals surface area contributed by atoms with Gasteiger partial charge < -0.3 is 25.0 Å². The smallest absolute Gasteiger partial charge is 0.295 e. The topological polar surface area (TPSA) is 138 Å². The van der Waals surface area contributed by atoms with Crippen molar-refractivity contribution in [1.29, 1.82) is 0 Å². The number of methoxy groups -OCH3 is 1. The van der Waals surface area contributed by atoms with Gasteiger partial charge in [-0.25, -0.2) is 4.98 Å². The molecule has 0 saturated carbocycles. The summed E-state index contributed by atoms with van der Waals surface area (Å²) in [5.74, 6) is -1.61. The van der Waals surface area contributed by atoms with E-state index in [-0.39, 0.29) is 35.7 Å². The second kappa shape index (κ2) is 10.2. The SMILES string of the molecule is COc1cnc(C(=O)NCCO)c2[nH]cc(C(=O)C(=O)N3CCc4c(cccc4-c4ccccn4)C3)c12. The first-order valence-electron chi connectivity index (χ1n) is 11.8. The van der Waals surface area contributed by atoms with E-state index in [4.69, 9.17) is 9.84 Å². The van der Waals surface area contributed by atoms with Crippen LogP contribution in [0.3, 0.4) is 0 Å². The minimum Gasteiger partial charge on any atom is -0.494 e. The molecule has 10 nitrogen and oxygen atoms in total. The van der Waals surface area contributed by atoms with E-state index in [1.165, 1.54) is 24.4 Å². The van der Waals surface area contributed by atoms with Gasteiger partial charge in [-0.3, -0.25) is 19.4 Å².